The van der Waals surface area contributed by atoms with Crippen LogP contribution in [-0.2, 0) is 0 Å². The Morgan fingerprint density at radius 1 is 0.571 bits per heavy atom. The molecule has 0 aliphatic rings. The predicted molar refractivity (Wildman–Crippen MR) is 96.9 cm³/mol. The lowest BCUT2D eigenvalue weighted by Crippen LogP contribution is -2.47. The topological polar surface area (TPSA) is 24.1 Å². The zero-order chi connectivity index (χ0) is 16.9. The van der Waals surface area contributed by atoms with E-state index in [0.717, 1.165) is 13.1 Å². The summed E-state index contributed by atoms with van der Waals surface area (Å²) >= 11 is 0. The van der Waals surface area contributed by atoms with Crippen LogP contribution in [-0.4, -0.2) is 24.2 Å². The quantitative estimate of drug-likeness (QED) is 0.660. The minimum Gasteiger partial charge on any atom is -0.312 e. The van der Waals surface area contributed by atoms with Crippen LogP contribution < -0.4 is 10.6 Å². The average molecular weight is 299 g/mol. The van der Waals surface area contributed by atoms with Crippen LogP contribution in [0.4, 0.5) is 0 Å². The predicted octanol–water partition coefficient (Wildman–Crippen LogP) is 4.99. The van der Waals surface area contributed by atoms with Crippen molar-refractivity contribution < 1.29 is 0 Å². The smallest absolute Gasteiger partial charge is 0.00967 e. The molecule has 0 radical (unpaired) electrons. The molecule has 0 amide bonds. The van der Waals surface area contributed by atoms with Gasteiger partial charge in [0.15, 0.2) is 0 Å². The molecule has 0 saturated carbocycles. The van der Waals surface area contributed by atoms with E-state index in [1.807, 2.05) is 0 Å². The highest BCUT2D eigenvalue weighted by Gasteiger charge is 2.34. The highest BCUT2D eigenvalue weighted by molar-refractivity contribution is 4.89. The van der Waals surface area contributed by atoms with Crippen LogP contribution in [0.5, 0.6) is 0 Å². The van der Waals surface area contributed by atoms with Crippen molar-refractivity contribution in [3.63, 3.8) is 0 Å². The maximum atomic E-state index is 3.71. The second kappa shape index (κ2) is 7.46. The fourth-order valence-electron chi connectivity index (χ4n) is 2.61. The molecular weight excluding hydrogens is 256 g/mol. The van der Waals surface area contributed by atoms with E-state index in [1.54, 1.807) is 0 Å². The lowest BCUT2D eigenvalue weighted by molar-refractivity contribution is 0.126. The molecule has 2 unspecified atom stereocenters. The van der Waals surface area contributed by atoms with Gasteiger partial charge in [-0.2, -0.15) is 0 Å². The van der Waals surface area contributed by atoms with Crippen LogP contribution in [0.1, 0.15) is 88.5 Å². The Labute approximate surface area is 134 Å². The van der Waals surface area contributed by atoms with Crippen LogP contribution in [0, 0.1) is 10.8 Å². The lowest BCUT2D eigenvalue weighted by Gasteiger charge is -2.42. The van der Waals surface area contributed by atoms with E-state index in [2.05, 4.69) is 79.9 Å². The molecule has 0 saturated heterocycles. The molecule has 0 aromatic rings. The first-order valence-corrected chi connectivity index (χ1v) is 8.74. The number of hydrogen-bond acceptors (Lipinski definition) is 2. The molecule has 0 aromatic carbocycles. The van der Waals surface area contributed by atoms with Gasteiger partial charge in [-0.15, -0.1) is 0 Å². The van der Waals surface area contributed by atoms with E-state index < -0.39 is 0 Å². The summed E-state index contributed by atoms with van der Waals surface area (Å²) < 4.78 is 0. The van der Waals surface area contributed by atoms with Crippen LogP contribution in [0.15, 0.2) is 0 Å². The van der Waals surface area contributed by atoms with E-state index in [4.69, 9.17) is 0 Å². The molecule has 0 fully saturated rings. The zero-order valence-corrected chi connectivity index (χ0v) is 16.5. The van der Waals surface area contributed by atoms with Crippen LogP contribution >= 0.6 is 0 Å². The number of hydrogen-bond donors (Lipinski definition) is 2. The van der Waals surface area contributed by atoms with Crippen molar-refractivity contribution in [2.45, 2.75) is 99.6 Å². The largest absolute Gasteiger partial charge is 0.312 e. The first kappa shape index (κ1) is 20.9. The fraction of sp³-hybridized carbons (Fsp3) is 1.00. The number of nitrogens with one attached hydrogen (secondary N) is 2. The van der Waals surface area contributed by atoms with E-state index in [1.165, 1.54) is 19.3 Å². The maximum Gasteiger partial charge on any atom is 0.00967 e. The SMILES string of the molecule is CCC(C)(CNC(C)(C)C)CC(C)(CC)CNC(C)(C)C. The normalized spacial score (nSPS) is 19.1. The van der Waals surface area contributed by atoms with Crippen LogP contribution in [0.2, 0.25) is 0 Å². The van der Waals surface area contributed by atoms with Crippen LogP contribution in [0.25, 0.3) is 0 Å². The summed E-state index contributed by atoms with van der Waals surface area (Å²) in [5, 5.41) is 7.42. The van der Waals surface area contributed by atoms with E-state index in [9.17, 15) is 0 Å². The summed E-state index contributed by atoms with van der Waals surface area (Å²) in [6, 6.07) is 0. The third-order valence-electron chi connectivity index (χ3n) is 4.65. The molecule has 0 spiro atoms. The molecule has 2 atom stereocenters. The first-order valence-electron chi connectivity index (χ1n) is 8.74. The molecule has 0 aliphatic carbocycles. The minimum atomic E-state index is 0.197. The van der Waals surface area contributed by atoms with Gasteiger partial charge in [-0.1, -0.05) is 27.7 Å². The van der Waals surface area contributed by atoms with Gasteiger partial charge in [-0.05, 0) is 71.6 Å². The molecule has 2 nitrogen and oxygen atoms in total. The molecule has 0 bridgehead atoms. The van der Waals surface area contributed by atoms with Gasteiger partial charge in [0.25, 0.3) is 0 Å². The molecule has 2 N–H and O–H groups in total. The Kier molecular flexibility index (Phi) is 7.43. The van der Waals surface area contributed by atoms with Gasteiger partial charge in [0.05, 0.1) is 0 Å². The molecule has 21 heavy (non-hydrogen) atoms. The summed E-state index contributed by atoms with van der Waals surface area (Å²) in [7, 11) is 0. The van der Waals surface area contributed by atoms with E-state index in [-0.39, 0.29) is 11.1 Å². The van der Waals surface area contributed by atoms with Gasteiger partial charge in [0, 0.05) is 24.2 Å². The van der Waals surface area contributed by atoms with Gasteiger partial charge in [-0.25, -0.2) is 0 Å². The Bertz CT molecular complexity index is 268. The van der Waals surface area contributed by atoms with Crippen molar-refractivity contribution in [1.82, 2.24) is 10.6 Å². The minimum absolute atomic E-state index is 0.197. The highest BCUT2D eigenvalue weighted by Crippen LogP contribution is 2.38. The van der Waals surface area contributed by atoms with Crippen molar-refractivity contribution in [3.05, 3.63) is 0 Å². The van der Waals surface area contributed by atoms with Gasteiger partial charge < -0.3 is 10.6 Å². The van der Waals surface area contributed by atoms with Gasteiger partial charge in [0.1, 0.15) is 0 Å². The monoisotopic (exact) mass is 298 g/mol. The third-order valence-corrected chi connectivity index (χ3v) is 4.65. The molecule has 2 heteroatoms. The summed E-state index contributed by atoms with van der Waals surface area (Å²) in [5.74, 6) is 0. The summed E-state index contributed by atoms with van der Waals surface area (Å²) in [6.07, 6.45) is 3.71. The summed E-state index contributed by atoms with van der Waals surface area (Å²) in [4.78, 5) is 0. The molecule has 0 aromatic heterocycles. The zero-order valence-electron chi connectivity index (χ0n) is 16.5. The first-order chi connectivity index (χ1) is 9.24. The van der Waals surface area contributed by atoms with Crippen molar-refractivity contribution >= 4 is 0 Å². The fourth-order valence-corrected chi connectivity index (χ4v) is 2.61. The lowest BCUT2D eigenvalue weighted by atomic mass is 9.69. The Morgan fingerprint density at radius 2 is 0.857 bits per heavy atom. The third kappa shape index (κ3) is 9.52. The Balaban J connectivity index is 4.79. The standard InChI is InChI=1S/C19H42N2/c1-11-18(9,14-20-16(3,4)5)13-19(10,12-2)15-21-17(6,7)8/h20-21H,11-15H2,1-10H3. The Morgan fingerprint density at radius 3 is 1.05 bits per heavy atom. The molecule has 128 valence electrons. The Hall–Kier alpha value is -0.0800. The van der Waals surface area contributed by atoms with Gasteiger partial charge >= 0.3 is 0 Å². The van der Waals surface area contributed by atoms with Crippen molar-refractivity contribution in [2.75, 3.05) is 13.1 Å². The molecule has 0 heterocycles. The number of rotatable bonds is 8. The average Bonchev–Trinajstić information content (AvgIpc) is 2.33. The molecule has 0 rings (SSSR count). The second-order valence-corrected chi connectivity index (χ2v) is 9.71. The summed E-state index contributed by atoms with van der Waals surface area (Å²) in [6.45, 7) is 25.3. The van der Waals surface area contributed by atoms with Crippen molar-refractivity contribution in [3.8, 4) is 0 Å². The van der Waals surface area contributed by atoms with Crippen molar-refractivity contribution in [1.29, 1.82) is 0 Å². The van der Waals surface area contributed by atoms with E-state index in [0.29, 0.717) is 10.8 Å². The second-order valence-electron chi connectivity index (χ2n) is 9.71. The van der Waals surface area contributed by atoms with Crippen molar-refractivity contribution in [2.24, 2.45) is 10.8 Å². The molecule has 0 aliphatic heterocycles. The summed E-state index contributed by atoms with van der Waals surface area (Å²) in [5.41, 5.74) is 1.11. The molecular formula is C19H42N2. The van der Waals surface area contributed by atoms with Crippen LogP contribution in [0.3, 0.4) is 0 Å². The highest BCUT2D eigenvalue weighted by atomic mass is 15.0. The van der Waals surface area contributed by atoms with Gasteiger partial charge in [-0.3, -0.25) is 0 Å². The van der Waals surface area contributed by atoms with Gasteiger partial charge in [0.2, 0.25) is 0 Å². The van der Waals surface area contributed by atoms with E-state index >= 15 is 0 Å². The maximum absolute atomic E-state index is 3.71.